The van der Waals surface area contributed by atoms with Gasteiger partial charge in [-0.3, -0.25) is 4.79 Å². The summed E-state index contributed by atoms with van der Waals surface area (Å²) in [6, 6.07) is -0.170. The molecule has 1 aliphatic rings. The number of amides is 1. The van der Waals surface area contributed by atoms with E-state index in [4.69, 9.17) is 0 Å². The number of nitrogens with one attached hydrogen (secondary N) is 2. The van der Waals surface area contributed by atoms with Gasteiger partial charge in [0, 0.05) is 12.6 Å². The molecule has 1 aliphatic heterocycles. The highest BCUT2D eigenvalue weighted by molar-refractivity contribution is 5.85. The smallest absolute Gasteiger partial charge is 0.352 e. The minimum Gasteiger partial charge on any atom is -0.352 e. The maximum absolute atomic E-state index is 12.2. The van der Waals surface area contributed by atoms with Crippen molar-refractivity contribution < 1.29 is 18.0 Å². The first-order valence-corrected chi connectivity index (χ1v) is 4.99. The number of hydrogen-bond donors (Lipinski definition) is 2. The summed E-state index contributed by atoms with van der Waals surface area (Å²) in [6.07, 6.45) is -2.83. The van der Waals surface area contributed by atoms with Crippen LogP contribution < -0.4 is 10.6 Å². The molecule has 0 radical (unpaired) electrons. The Bertz CT molecular complexity index is 229. The van der Waals surface area contributed by atoms with E-state index in [1.807, 2.05) is 0 Å². The number of halogens is 4. The highest BCUT2D eigenvalue weighted by atomic mass is 35.5. The Morgan fingerprint density at radius 1 is 1.50 bits per heavy atom. The van der Waals surface area contributed by atoms with Crippen molar-refractivity contribution in [1.82, 2.24) is 10.6 Å². The third-order valence-electron chi connectivity index (χ3n) is 2.53. The van der Waals surface area contributed by atoms with E-state index >= 15 is 0 Å². The lowest BCUT2D eigenvalue weighted by atomic mass is 10.1. The minimum atomic E-state index is -4.45. The lowest BCUT2D eigenvalue weighted by Gasteiger charge is -2.25. The fraction of sp³-hybridized carbons (Fsp3) is 0.889. The summed E-state index contributed by atoms with van der Waals surface area (Å²) in [4.78, 5) is 11.2. The van der Waals surface area contributed by atoms with Crippen molar-refractivity contribution in [2.75, 3.05) is 13.1 Å². The molecule has 1 amide bonds. The van der Waals surface area contributed by atoms with E-state index in [1.165, 1.54) is 0 Å². The fourth-order valence-electron chi connectivity index (χ4n) is 1.45. The number of carbonyl (C=O) groups excluding carboxylic acids is 1. The van der Waals surface area contributed by atoms with Gasteiger partial charge < -0.3 is 10.6 Å². The number of alkyl halides is 3. The molecule has 2 atom stereocenters. The van der Waals surface area contributed by atoms with Gasteiger partial charge in [-0.2, -0.15) is 13.2 Å². The quantitative estimate of drug-likeness (QED) is 0.790. The first kappa shape index (κ1) is 15.5. The van der Waals surface area contributed by atoms with Gasteiger partial charge in [-0.1, -0.05) is 0 Å². The van der Waals surface area contributed by atoms with E-state index in [9.17, 15) is 18.0 Å². The van der Waals surface area contributed by atoms with Crippen molar-refractivity contribution in [3.05, 3.63) is 0 Å². The Morgan fingerprint density at radius 3 is 2.56 bits per heavy atom. The molecule has 0 aromatic carbocycles. The molecule has 1 fully saturated rings. The van der Waals surface area contributed by atoms with Crippen LogP contribution in [-0.2, 0) is 4.79 Å². The van der Waals surface area contributed by atoms with E-state index in [0.29, 0.717) is 6.54 Å². The molecule has 0 saturated carbocycles. The minimum absolute atomic E-state index is 0. The average Bonchev–Trinajstić information content (AvgIpc) is 2.16. The summed E-state index contributed by atoms with van der Waals surface area (Å²) in [6.45, 7) is 2.29. The Hall–Kier alpha value is -0.490. The Kier molecular flexibility index (Phi) is 6.10. The zero-order valence-electron chi connectivity index (χ0n) is 8.93. The third kappa shape index (κ3) is 4.57. The zero-order valence-corrected chi connectivity index (χ0v) is 9.75. The number of hydrogen-bond acceptors (Lipinski definition) is 2. The van der Waals surface area contributed by atoms with Crippen molar-refractivity contribution in [2.45, 2.75) is 32.0 Å². The van der Waals surface area contributed by atoms with Gasteiger partial charge in [-0.05, 0) is 26.3 Å². The van der Waals surface area contributed by atoms with Gasteiger partial charge >= 0.3 is 6.18 Å². The summed E-state index contributed by atoms with van der Waals surface area (Å²) >= 11 is 0. The fourth-order valence-corrected chi connectivity index (χ4v) is 1.45. The third-order valence-corrected chi connectivity index (χ3v) is 2.53. The van der Waals surface area contributed by atoms with Gasteiger partial charge in [0.05, 0.1) is 0 Å². The first-order valence-electron chi connectivity index (χ1n) is 4.99. The van der Waals surface area contributed by atoms with Crippen LogP contribution in [0.5, 0.6) is 0 Å². The second-order valence-electron chi connectivity index (χ2n) is 3.82. The van der Waals surface area contributed by atoms with Crippen molar-refractivity contribution >= 4 is 18.3 Å². The normalized spacial score (nSPS) is 23.1. The number of piperidine rings is 1. The van der Waals surface area contributed by atoms with Crippen molar-refractivity contribution in [3.8, 4) is 0 Å². The van der Waals surface area contributed by atoms with Crippen LogP contribution in [0.15, 0.2) is 0 Å². The second kappa shape index (κ2) is 6.30. The van der Waals surface area contributed by atoms with Crippen LogP contribution in [0, 0.1) is 5.92 Å². The molecule has 0 spiro atoms. The molecule has 2 N–H and O–H groups in total. The van der Waals surface area contributed by atoms with Crippen LogP contribution in [0.25, 0.3) is 0 Å². The van der Waals surface area contributed by atoms with E-state index in [-0.39, 0.29) is 18.4 Å². The molecule has 96 valence electrons. The molecule has 0 aliphatic carbocycles. The SMILES string of the molecule is CC(C(=O)NC1CCCNC1)C(F)(F)F.Cl. The molecule has 1 saturated heterocycles. The predicted octanol–water partition coefficient (Wildman–Crippen LogP) is 1.47. The van der Waals surface area contributed by atoms with Crippen molar-refractivity contribution in [2.24, 2.45) is 5.92 Å². The Labute approximate surface area is 98.6 Å². The highest BCUT2D eigenvalue weighted by Gasteiger charge is 2.41. The standard InChI is InChI=1S/C9H15F3N2O.ClH/c1-6(9(10,11)12)8(15)14-7-3-2-4-13-5-7;/h6-7,13H,2-5H2,1H3,(H,14,15);1H. The maximum Gasteiger partial charge on any atom is 0.400 e. The van der Waals surface area contributed by atoms with Gasteiger partial charge in [-0.25, -0.2) is 0 Å². The molecule has 7 heteroatoms. The van der Waals surface area contributed by atoms with E-state index in [0.717, 1.165) is 26.3 Å². The molecule has 0 bridgehead atoms. The van der Waals surface area contributed by atoms with Crippen LogP contribution in [0.4, 0.5) is 13.2 Å². The molecule has 1 rings (SSSR count). The van der Waals surface area contributed by atoms with Crippen molar-refractivity contribution in [3.63, 3.8) is 0 Å². The monoisotopic (exact) mass is 260 g/mol. The van der Waals surface area contributed by atoms with Gasteiger partial charge in [-0.15, -0.1) is 12.4 Å². The molecule has 3 nitrogen and oxygen atoms in total. The molecule has 1 heterocycles. The largest absolute Gasteiger partial charge is 0.400 e. The molecule has 0 aromatic rings. The first-order chi connectivity index (χ1) is 6.91. The van der Waals surface area contributed by atoms with Crippen LogP contribution >= 0.6 is 12.4 Å². The lowest BCUT2D eigenvalue weighted by Crippen LogP contribution is -2.49. The summed E-state index contributed by atoms with van der Waals surface area (Å²) in [5.74, 6) is -2.87. The van der Waals surface area contributed by atoms with Gasteiger partial charge in [0.1, 0.15) is 5.92 Å². The average molecular weight is 261 g/mol. The zero-order chi connectivity index (χ0) is 11.5. The Balaban J connectivity index is 0.00000225. The van der Waals surface area contributed by atoms with Crippen LogP contribution in [0.3, 0.4) is 0 Å². The highest BCUT2D eigenvalue weighted by Crippen LogP contribution is 2.25. The molecule has 16 heavy (non-hydrogen) atoms. The van der Waals surface area contributed by atoms with E-state index < -0.39 is 18.0 Å². The molecule has 2 unspecified atom stereocenters. The van der Waals surface area contributed by atoms with Gasteiger partial charge in [0.15, 0.2) is 0 Å². The molecular formula is C9H16ClF3N2O. The lowest BCUT2D eigenvalue weighted by molar-refractivity contribution is -0.179. The van der Waals surface area contributed by atoms with Crippen molar-refractivity contribution in [1.29, 1.82) is 0 Å². The Morgan fingerprint density at radius 2 is 2.12 bits per heavy atom. The number of rotatable bonds is 2. The number of carbonyl (C=O) groups is 1. The van der Waals surface area contributed by atoms with Gasteiger partial charge in [0.2, 0.25) is 5.91 Å². The molecule has 0 aromatic heterocycles. The second-order valence-corrected chi connectivity index (χ2v) is 3.82. The predicted molar refractivity (Wildman–Crippen MR) is 56.5 cm³/mol. The van der Waals surface area contributed by atoms with E-state index in [1.54, 1.807) is 0 Å². The maximum atomic E-state index is 12.2. The van der Waals surface area contributed by atoms with E-state index in [2.05, 4.69) is 10.6 Å². The summed E-state index contributed by atoms with van der Waals surface area (Å²) < 4.78 is 36.5. The van der Waals surface area contributed by atoms with Crippen LogP contribution in [0.1, 0.15) is 19.8 Å². The van der Waals surface area contributed by atoms with Crippen LogP contribution in [0.2, 0.25) is 0 Å². The summed E-state index contributed by atoms with van der Waals surface area (Å²) in [5.41, 5.74) is 0. The molecular weight excluding hydrogens is 245 g/mol. The summed E-state index contributed by atoms with van der Waals surface area (Å²) in [7, 11) is 0. The topological polar surface area (TPSA) is 41.1 Å². The van der Waals surface area contributed by atoms with Gasteiger partial charge in [0.25, 0.3) is 0 Å². The van der Waals surface area contributed by atoms with Crippen LogP contribution in [-0.4, -0.2) is 31.2 Å². The summed E-state index contributed by atoms with van der Waals surface area (Å²) in [5, 5.41) is 5.43.